The molecule has 6 heteroatoms. The van der Waals surface area contributed by atoms with E-state index in [2.05, 4.69) is 32.6 Å². The topological polar surface area (TPSA) is 43.8 Å². The Labute approximate surface area is 173 Å². The van der Waals surface area contributed by atoms with Crippen LogP contribution >= 0.6 is 23.2 Å². The fourth-order valence-electron chi connectivity index (χ4n) is 3.80. The standard InChI is InChI=1S/C21H32Cl2N2O2/c1-5-14(3)24(15(4)6-2)13-20(26)19-9-10-21(27)25(19)12-16-7-8-17(22)18(23)11-16/h7-8,11,14-15,19-20,26H,5-6,9-10,12-13H2,1-4H3/t14?,15?,19-,20-/m0/s1. The number of carbonyl (C=O) groups excluding carboxylic acids is 1. The van der Waals surface area contributed by atoms with E-state index in [1.165, 1.54) is 0 Å². The van der Waals surface area contributed by atoms with Gasteiger partial charge >= 0.3 is 0 Å². The van der Waals surface area contributed by atoms with Crippen LogP contribution in [0.3, 0.4) is 0 Å². The summed E-state index contributed by atoms with van der Waals surface area (Å²) >= 11 is 12.1. The van der Waals surface area contributed by atoms with Crippen LogP contribution in [0.25, 0.3) is 0 Å². The third-order valence-electron chi connectivity index (χ3n) is 5.87. The minimum atomic E-state index is -0.567. The Bertz CT molecular complexity index is 631. The molecule has 0 aliphatic carbocycles. The molecule has 2 rings (SSSR count). The quantitative estimate of drug-likeness (QED) is 0.633. The number of benzene rings is 1. The molecule has 4 atom stereocenters. The summed E-state index contributed by atoms with van der Waals surface area (Å²) in [5, 5.41) is 12.0. The monoisotopic (exact) mass is 414 g/mol. The zero-order chi connectivity index (χ0) is 20.1. The van der Waals surface area contributed by atoms with Gasteiger partial charge in [0.05, 0.1) is 22.2 Å². The summed E-state index contributed by atoms with van der Waals surface area (Å²) in [5.74, 6) is 0.0868. The molecular weight excluding hydrogens is 383 g/mol. The maximum Gasteiger partial charge on any atom is 0.223 e. The molecule has 0 aromatic heterocycles. The number of nitrogens with zero attached hydrogens (tertiary/aromatic N) is 2. The first kappa shape index (κ1) is 22.5. The summed E-state index contributed by atoms with van der Waals surface area (Å²) in [6.45, 7) is 9.77. The van der Waals surface area contributed by atoms with Gasteiger partial charge in [-0.25, -0.2) is 0 Å². The summed E-state index contributed by atoms with van der Waals surface area (Å²) in [5.41, 5.74) is 0.928. The van der Waals surface area contributed by atoms with Crippen molar-refractivity contribution in [1.29, 1.82) is 0 Å². The highest BCUT2D eigenvalue weighted by Gasteiger charge is 2.37. The first-order valence-corrected chi connectivity index (χ1v) is 10.7. The summed E-state index contributed by atoms with van der Waals surface area (Å²) in [4.78, 5) is 16.6. The highest BCUT2D eigenvalue weighted by molar-refractivity contribution is 6.42. The molecule has 1 N–H and O–H groups in total. The lowest BCUT2D eigenvalue weighted by molar-refractivity contribution is -0.131. The molecule has 27 heavy (non-hydrogen) atoms. The van der Waals surface area contributed by atoms with E-state index in [1.807, 2.05) is 6.07 Å². The van der Waals surface area contributed by atoms with Crippen LogP contribution in [-0.4, -0.2) is 51.6 Å². The first-order chi connectivity index (χ1) is 12.8. The second-order valence-electron chi connectivity index (χ2n) is 7.65. The van der Waals surface area contributed by atoms with E-state index in [4.69, 9.17) is 23.2 Å². The van der Waals surface area contributed by atoms with Gasteiger partial charge in [0.2, 0.25) is 5.91 Å². The first-order valence-electron chi connectivity index (χ1n) is 9.95. The lowest BCUT2D eigenvalue weighted by atomic mass is 10.0. The normalized spacial score (nSPS) is 21.0. The van der Waals surface area contributed by atoms with E-state index < -0.39 is 6.10 Å². The molecule has 4 nitrogen and oxygen atoms in total. The van der Waals surface area contributed by atoms with Crippen molar-refractivity contribution >= 4 is 29.1 Å². The van der Waals surface area contributed by atoms with Crippen LogP contribution in [0.5, 0.6) is 0 Å². The molecule has 152 valence electrons. The predicted molar refractivity (Wildman–Crippen MR) is 112 cm³/mol. The maximum atomic E-state index is 12.5. The molecule has 1 aliphatic rings. The van der Waals surface area contributed by atoms with Crippen LogP contribution in [0.15, 0.2) is 18.2 Å². The molecule has 1 aliphatic heterocycles. The van der Waals surface area contributed by atoms with Gasteiger partial charge in [-0.3, -0.25) is 9.69 Å². The maximum absolute atomic E-state index is 12.5. The van der Waals surface area contributed by atoms with Crippen LogP contribution in [0.4, 0.5) is 0 Å². The SMILES string of the molecule is CCC(C)N(C[C@H](O)[C@@H]1CCC(=O)N1Cc1ccc(Cl)c(Cl)c1)C(C)CC. The molecule has 1 aromatic rings. The Balaban J connectivity index is 2.12. The average Bonchev–Trinajstić information content (AvgIpc) is 3.01. The number of rotatable bonds is 9. The van der Waals surface area contributed by atoms with Gasteiger partial charge in [-0.2, -0.15) is 0 Å². The van der Waals surface area contributed by atoms with E-state index in [9.17, 15) is 9.90 Å². The molecule has 0 spiro atoms. The van der Waals surface area contributed by atoms with Crippen LogP contribution in [0, 0.1) is 0 Å². The fraction of sp³-hybridized carbons (Fsp3) is 0.667. The van der Waals surface area contributed by atoms with Crippen molar-refractivity contribution in [2.24, 2.45) is 0 Å². The average molecular weight is 415 g/mol. The number of hydrogen-bond acceptors (Lipinski definition) is 3. The molecule has 0 bridgehead atoms. The number of halogens is 2. The minimum absolute atomic E-state index is 0.0868. The summed E-state index contributed by atoms with van der Waals surface area (Å²) in [6.07, 6.45) is 2.68. The van der Waals surface area contributed by atoms with E-state index >= 15 is 0 Å². The third kappa shape index (κ3) is 5.60. The zero-order valence-electron chi connectivity index (χ0n) is 16.8. The van der Waals surface area contributed by atoms with Crippen molar-refractivity contribution in [3.63, 3.8) is 0 Å². The molecule has 0 radical (unpaired) electrons. The molecule has 1 fully saturated rings. The Morgan fingerprint density at radius 3 is 2.37 bits per heavy atom. The van der Waals surface area contributed by atoms with Crippen LogP contribution in [0.1, 0.15) is 58.9 Å². The van der Waals surface area contributed by atoms with Crippen molar-refractivity contribution in [2.45, 2.75) is 84.2 Å². The third-order valence-corrected chi connectivity index (χ3v) is 6.61. The van der Waals surface area contributed by atoms with E-state index in [0.29, 0.717) is 48.1 Å². The number of aliphatic hydroxyl groups is 1. The summed E-state index contributed by atoms with van der Waals surface area (Å²) in [6, 6.07) is 6.06. The number of aliphatic hydroxyl groups excluding tert-OH is 1. The van der Waals surface area contributed by atoms with E-state index in [0.717, 1.165) is 18.4 Å². The number of hydrogen-bond donors (Lipinski definition) is 1. The predicted octanol–water partition coefficient (Wildman–Crippen LogP) is 4.74. The van der Waals surface area contributed by atoms with Gasteiger partial charge in [0.1, 0.15) is 0 Å². The molecule has 2 unspecified atom stereocenters. The molecule has 1 aromatic carbocycles. The van der Waals surface area contributed by atoms with Crippen molar-refractivity contribution in [3.8, 4) is 0 Å². The van der Waals surface area contributed by atoms with Crippen molar-refractivity contribution in [3.05, 3.63) is 33.8 Å². The molecule has 1 saturated heterocycles. The Kier molecular flexibility index (Phi) is 8.41. The van der Waals surface area contributed by atoms with Gasteiger partial charge in [-0.15, -0.1) is 0 Å². The Morgan fingerprint density at radius 2 is 1.81 bits per heavy atom. The van der Waals surface area contributed by atoms with Gasteiger partial charge in [0.15, 0.2) is 0 Å². The van der Waals surface area contributed by atoms with Gasteiger partial charge < -0.3 is 10.0 Å². The lowest BCUT2D eigenvalue weighted by Crippen LogP contribution is -2.50. The molecule has 1 heterocycles. The highest BCUT2D eigenvalue weighted by atomic mass is 35.5. The highest BCUT2D eigenvalue weighted by Crippen LogP contribution is 2.28. The molecule has 0 saturated carbocycles. The second-order valence-corrected chi connectivity index (χ2v) is 8.47. The minimum Gasteiger partial charge on any atom is -0.390 e. The molecular formula is C21H32Cl2N2O2. The van der Waals surface area contributed by atoms with Crippen molar-refractivity contribution in [1.82, 2.24) is 9.80 Å². The Hall–Kier alpha value is -0.810. The number of likely N-dealkylation sites (tertiary alicyclic amines) is 1. The lowest BCUT2D eigenvalue weighted by Gasteiger charge is -2.38. The van der Waals surface area contributed by atoms with Crippen molar-refractivity contribution < 1.29 is 9.90 Å². The van der Waals surface area contributed by atoms with E-state index in [1.54, 1.807) is 17.0 Å². The number of carbonyl (C=O) groups is 1. The van der Waals surface area contributed by atoms with Crippen LogP contribution < -0.4 is 0 Å². The second kappa shape index (κ2) is 10.1. The smallest absolute Gasteiger partial charge is 0.223 e. The van der Waals surface area contributed by atoms with Crippen molar-refractivity contribution in [2.75, 3.05) is 6.54 Å². The van der Waals surface area contributed by atoms with Gasteiger partial charge in [-0.05, 0) is 50.8 Å². The van der Waals surface area contributed by atoms with Crippen LogP contribution in [0.2, 0.25) is 10.0 Å². The number of amides is 1. The molecule has 1 amide bonds. The van der Waals surface area contributed by atoms with Crippen LogP contribution in [-0.2, 0) is 11.3 Å². The zero-order valence-corrected chi connectivity index (χ0v) is 18.3. The largest absolute Gasteiger partial charge is 0.390 e. The summed E-state index contributed by atoms with van der Waals surface area (Å²) in [7, 11) is 0. The van der Waals surface area contributed by atoms with Gasteiger partial charge in [0, 0.05) is 31.6 Å². The van der Waals surface area contributed by atoms with Gasteiger partial charge in [0.25, 0.3) is 0 Å². The van der Waals surface area contributed by atoms with Gasteiger partial charge in [-0.1, -0.05) is 43.1 Å². The Morgan fingerprint density at radius 1 is 1.19 bits per heavy atom. The summed E-state index contributed by atoms with van der Waals surface area (Å²) < 4.78 is 0. The van der Waals surface area contributed by atoms with E-state index in [-0.39, 0.29) is 11.9 Å². The fourth-order valence-corrected chi connectivity index (χ4v) is 4.12.